The van der Waals surface area contributed by atoms with Gasteiger partial charge in [0.1, 0.15) is 0 Å². The van der Waals surface area contributed by atoms with Gasteiger partial charge in [-0.3, -0.25) is 14.5 Å². The van der Waals surface area contributed by atoms with Gasteiger partial charge in [0.2, 0.25) is 5.91 Å². The highest BCUT2D eigenvalue weighted by molar-refractivity contribution is 6.31. The zero-order valence-electron chi connectivity index (χ0n) is 18.4. The molecule has 6 heteroatoms. The van der Waals surface area contributed by atoms with Crippen LogP contribution in [0.15, 0.2) is 54.6 Å². The van der Waals surface area contributed by atoms with Crippen LogP contribution in [0.4, 0.5) is 0 Å². The van der Waals surface area contributed by atoms with Crippen molar-refractivity contribution in [1.29, 1.82) is 0 Å². The van der Waals surface area contributed by atoms with E-state index in [0.717, 1.165) is 50.0 Å². The van der Waals surface area contributed by atoms with Crippen LogP contribution in [0.3, 0.4) is 0 Å². The van der Waals surface area contributed by atoms with Gasteiger partial charge in [0, 0.05) is 29.7 Å². The molecule has 0 aromatic heterocycles. The Morgan fingerprint density at radius 1 is 1.10 bits per heavy atom. The monoisotopic (exact) mass is 441 g/mol. The lowest BCUT2D eigenvalue weighted by atomic mass is 10.0. The van der Waals surface area contributed by atoms with Crippen molar-refractivity contribution in [3.8, 4) is 0 Å². The van der Waals surface area contributed by atoms with Crippen LogP contribution in [0.25, 0.3) is 0 Å². The van der Waals surface area contributed by atoms with Crippen LogP contribution < -0.4 is 5.32 Å². The second-order valence-electron chi connectivity index (χ2n) is 8.17. The number of hydrogen-bond acceptors (Lipinski definition) is 3. The maximum atomic E-state index is 12.8. The molecule has 0 spiro atoms. The molecule has 1 aliphatic heterocycles. The van der Waals surface area contributed by atoms with Gasteiger partial charge in [-0.2, -0.15) is 0 Å². The van der Waals surface area contributed by atoms with E-state index in [1.807, 2.05) is 66.4 Å². The van der Waals surface area contributed by atoms with Gasteiger partial charge in [-0.25, -0.2) is 0 Å². The number of piperidine rings is 1. The van der Waals surface area contributed by atoms with E-state index < -0.39 is 0 Å². The molecule has 1 fully saturated rings. The molecule has 5 nitrogen and oxygen atoms in total. The van der Waals surface area contributed by atoms with Gasteiger partial charge in [-0.05, 0) is 56.5 Å². The Hall–Kier alpha value is -2.37. The summed E-state index contributed by atoms with van der Waals surface area (Å²) in [6, 6.07) is 17.2. The number of carbonyl (C=O) groups excluding carboxylic acids is 2. The third kappa shape index (κ3) is 6.31. The van der Waals surface area contributed by atoms with Crippen LogP contribution in [0.2, 0.25) is 5.02 Å². The van der Waals surface area contributed by atoms with Gasteiger partial charge in [-0.1, -0.05) is 54.9 Å². The lowest BCUT2D eigenvalue weighted by Crippen LogP contribution is -2.49. The van der Waals surface area contributed by atoms with Crippen molar-refractivity contribution in [1.82, 2.24) is 15.1 Å². The second-order valence-corrected chi connectivity index (χ2v) is 8.58. The molecule has 166 valence electrons. The Morgan fingerprint density at radius 3 is 2.39 bits per heavy atom. The Labute approximate surface area is 190 Å². The van der Waals surface area contributed by atoms with Crippen molar-refractivity contribution >= 4 is 23.4 Å². The molecule has 3 rings (SSSR count). The van der Waals surface area contributed by atoms with Crippen molar-refractivity contribution in [2.75, 3.05) is 26.2 Å². The number of likely N-dealkylation sites (tertiary alicyclic amines) is 1. The van der Waals surface area contributed by atoms with Crippen molar-refractivity contribution < 1.29 is 9.59 Å². The first-order chi connectivity index (χ1) is 15.0. The Bertz CT molecular complexity index is 866. The van der Waals surface area contributed by atoms with Crippen LogP contribution in [-0.4, -0.2) is 53.8 Å². The minimum atomic E-state index is -0.144. The molecule has 0 radical (unpaired) electrons. The lowest BCUT2D eigenvalue weighted by molar-refractivity contribution is -0.123. The van der Waals surface area contributed by atoms with E-state index in [2.05, 4.69) is 17.1 Å². The zero-order valence-corrected chi connectivity index (χ0v) is 19.1. The highest BCUT2D eigenvalue weighted by Crippen LogP contribution is 2.23. The second kappa shape index (κ2) is 11.3. The van der Waals surface area contributed by atoms with Crippen molar-refractivity contribution in [2.24, 2.45) is 0 Å². The number of carbonyl (C=O) groups is 2. The molecule has 0 bridgehead atoms. The van der Waals surface area contributed by atoms with Gasteiger partial charge in [0.25, 0.3) is 5.91 Å². The molecule has 1 saturated heterocycles. The predicted octanol–water partition coefficient (Wildman–Crippen LogP) is 4.53. The summed E-state index contributed by atoms with van der Waals surface area (Å²) in [7, 11) is 0. The third-order valence-corrected chi connectivity index (χ3v) is 6.24. The molecule has 31 heavy (non-hydrogen) atoms. The minimum absolute atomic E-state index is 0.00339. The third-order valence-electron chi connectivity index (χ3n) is 5.90. The maximum Gasteiger partial charge on any atom is 0.253 e. The molecule has 2 amide bonds. The van der Waals surface area contributed by atoms with Crippen LogP contribution >= 0.6 is 11.6 Å². The predicted molar refractivity (Wildman–Crippen MR) is 125 cm³/mol. The largest absolute Gasteiger partial charge is 0.348 e. The highest BCUT2D eigenvalue weighted by Gasteiger charge is 2.28. The number of amides is 2. The fourth-order valence-corrected chi connectivity index (χ4v) is 4.55. The zero-order chi connectivity index (χ0) is 22.2. The van der Waals surface area contributed by atoms with E-state index in [-0.39, 0.29) is 17.9 Å². The minimum Gasteiger partial charge on any atom is -0.348 e. The smallest absolute Gasteiger partial charge is 0.253 e. The molecule has 1 unspecified atom stereocenters. The van der Waals surface area contributed by atoms with Gasteiger partial charge in [0.15, 0.2) is 0 Å². The average Bonchev–Trinajstić information content (AvgIpc) is 2.79. The molecule has 1 heterocycles. The van der Waals surface area contributed by atoms with Crippen LogP contribution in [-0.2, 0) is 4.79 Å². The average molecular weight is 442 g/mol. The highest BCUT2D eigenvalue weighted by atomic mass is 35.5. The Morgan fingerprint density at radius 2 is 1.74 bits per heavy atom. The summed E-state index contributed by atoms with van der Waals surface area (Å²) in [5, 5.41) is 3.75. The van der Waals surface area contributed by atoms with E-state index in [4.69, 9.17) is 11.6 Å². The molecular formula is C25H32ClN3O2. The Balaban J connectivity index is 1.54. The molecule has 0 saturated carbocycles. The molecule has 1 atom stereocenters. The normalized spacial score (nSPS) is 15.7. The first kappa shape index (κ1) is 23.3. The molecule has 2 aromatic rings. The fraction of sp³-hybridized carbons (Fsp3) is 0.440. The standard InChI is InChI=1S/C25H32ClN3O2/c1-3-15-29(18-24(30)27-19(2)22-11-7-8-12-23(22)26)21-13-16-28(17-14-21)25(31)20-9-5-4-6-10-20/h4-12,19,21H,3,13-18H2,1-2H3,(H,27,30). The van der Waals surface area contributed by atoms with Crippen molar-refractivity contribution in [2.45, 2.75) is 45.2 Å². The summed E-state index contributed by atoms with van der Waals surface area (Å²) in [5.74, 6) is 0.0936. The van der Waals surface area contributed by atoms with E-state index in [0.29, 0.717) is 17.6 Å². The number of rotatable bonds is 8. The van der Waals surface area contributed by atoms with Gasteiger partial charge < -0.3 is 10.2 Å². The fourth-order valence-electron chi connectivity index (χ4n) is 4.25. The summed E-state index contributed by atoms with van der Waals surface area (Å²) in [4.78, 5) is 29.7. The summed E-state index contributed by atoms with van der Waals surface area (Å²) in [5.41, 5.74) is 1.66. The first-order valence-electron chi connectivity index (χ1n) is 11.1. The van der Waals surface area contributed by atoms with Gasteiger partial charge >= 0.3 is 0 Å². The van der Waals surface area contributed by atoms with Crippen LogP contribution in [0.5, 0.6) is 0 Å². The molecule has 1 N–H and O–H groups in total. The quantitative estimate of drug-likeness (QED) is 0.654. The summed E-state index contributed by atoms with van der Waals surface area (Å²) in [6.07, 6.45) is 2.74. The molecule has 0 aliphatic carbocycles. The number of nitrogens with one attached hydrogen (secondary N) is 1. The van der Waals surface area contributed by atoms with E-state index in [9.17, 15) is 9.59 Å². The Kier molecular flexibility index (Phi) is 8.50. The van der Waals surface area contributed by atoms with Crippen molar-refractivity contribution in [3.05, 3.63) is 70.7 Å². The molecular weight excluding hydrogens is 410 g/mol. The first-order valence-corrected chi connectivity index (χ1v) is 11.5. The summed E-state index contributed by atoms with van der Waals surface area (Å²) in [6.45, 7) is 6.75. The number of hydrogen-bond donors (Lipinski definition) is 1. The van der Waals surface area contributed by atoms with Gasteiger partial charge in [0.05, 0.1) is 12.6 Å². The maximum absolute atomic E-state index is 12.8. The lowest BCUT2D eigenvalue weighted by Gasteiger charge is -2.38. The number of halogens is 1. The SMILES string of the molecule is CCCN(CC(=O)NC(C)c1ccccc1Cl)C1CCN(C(=O)c2ccccc2)CC1. The van der Waals surface area contributed by atoms with E-state index in [1.54, 1.807) is 0 Å². The van der Waals surface area contributed by atoms with E-state index >= 15 is 0 Å². The topological polar surface area (TPSA) is 52.7 Å². The molecule has 1 aliphatic rings. The molecule has 2 aromatic carbocycles. The summed E-state index contributed by atoms with van der Waals surface area (Å²) < 4.78 is 0. The van der Waals surface area contributed by atoms with Crippen molar-refractivity contribution in [3.63, 3.8) is 0 Å². The summed E-state index contributed by atoms with van der Waals surface area (Å²) >= 11 is 6.27. The van der Waals surface area contributed by atoms with Gasteiger partial charge in [-0.15, -0.1) is 0 Å². The number of nitrogens with zero attached hydrogens (tertiary/aromatic N) is 2. The van der Waals surface area contributed by atoms with E-state index in [1.165, 1.54) is 0 Å². The van der Waals surface area contributed by atoms with Crippen LogP contribution in [0, 0.1) is 0 Å². The number of benzene rings is 2. The van der Waals surface area contributed by atoms with Crippen LogP contribution in [0.1, 0.15) is 55.1 Å².